The Morgan fingerprint density at radius 3 is 2.24 bits per heavy atom. The number of ether oxygens (including phenoxy) is 2. The Bertz CT molecular complexity index is 572. The molecule has 2 fully saturated rings. The molecule has 0 bridgehead atoms. The number of piperidine rings is 1. The Kier molecular flexibility index (Phi) is 5.49. The average molecular weight is 345 g/mol. The average Bonchev–Trinajstić information content (AvgIpc) is 2.61. The summed E-state index contributed by atoms with van der Waals surface area (Å²) in [7, 11) is 0. The minimum absolute atomic E-state index is 0.168. The Morgan fingerprint density at radius 1 is 1.08 bits per heavy atom. The van der Waals surface area contributed by atoms with Crippen LogP contribution in [0.15, 0.2) is 24.3 Å². The van der Waals surface area contributed by atoms with Gasteiger partial charge in [0, 0.05) is 32.4 Å². The predicted octanol–water partition coefficient (Wildman–Crippen LogP) is 3.67. The summed E-state index contributed by atoms with van der Waals surface area (Å²) in [6.07, 6.45) is 3.93. The number of hydrogen-bond acceptors (Lipinski definition) is 3. The van der Waals surface area contributed by atoms with E-state index in [9.17, 15) is 4.79 Å². The third kappa shape index (κ3) is 4.62. The second kappa shape index (κ2) is 7.46. The van der Waals surface area contributed by atoms with Crippen molar-refractivity contribution in [3.63, 3.8) is 0 Å². The van der Waals surface area contributed by atoms with Gasteiger partial charge in [0.1, 0.15) is 0 Å². The molecule has 0 aliphatic carbocycles. The van der Waals surface area contributed by atoms with Crippen LogP contribution in [0.5, 0.6) is 0 Å². The van der Waals surface area contributed by atoms with E-state index in [-0.39, 0.29) is 11.3 Å². The van der Waals surface area contributed by atoms with E-state index in [1.807, 2.05) is 4.90 Å². The van der Waals surface area contributed by atoms with Gasteiger partial charge in [-0.1, -0.05) is 45.0 Å². The maximum atomic E-state index is 12.5. The second-order valence-electron chi connectivity index (χ2n) is 8.29. The fourth-order valence-electron chi connectivity index (χ4n) is 3.58. The first-order valence-electron chi connectivity index (χ1n) is 9.53. The maximum Gasteiger partial charge on any atom is 0.222 e. The van der Waals surface area contributed by atoms with Crippen LogP contribution in [0, 0.1) is 0 Å². The highest BCUT2D eigenvalue weighted by atomic mass is 16.7. The number of amides is 1. The molecule has 2 saturated heterocycles. The molecule has 0 aromatic heterocycles. The number of nitrogens with zero attached hydrogens (tertiary/aromatic N) is 1. The molecule has 1 amide bonds. The van der Waals surface area contributed by atoms with Gasteiger partial charge in [0.15, 0.2) is 5.79 Å². The molecule has 4 nitrogen and oxygen atoms in total. The Hall–Kier alpha value is -1.39. The first-order valence-corrected chi connectivity index (χ1v) is 9.53. The zero-order valence-electron chi connectivity index (χ0n) is 15.8. The van der Waals surface area contributed by atoms with E-state index in [1.54, 1.807) is 0 Å². The molecule has 1 aromatic rings. The van der Waals surface area contributed by atoms with Gasteiger partial charge in [0.2, 0.25) is 5.91 Å². The van der Waals surface area contributed by atoms with Crippen LogP contribution in [0.3, 0.4) is 0 Å². The smallest absolute Gasteiger partial charge is 0.222 e. The molecule has 0 N–H and O–H groups in total. The molecule has 0 unspecified atom stereocenters. The molecule has 1 aromatic carbocycles. The SMILES string of the molecule is CC(C)(C)c1ccc(CCC(=O)N2CCC3(CC2)OCCCO3)cc1. The van der Waals surface area contributed by atoms with Crippen LogP contribution in [-0.4, -0.2) is 42.9 Å². The van der Waals surface area contributed by atoms with Gasteiger partial charge in [-0.25, -0.2) is 0 Å². The highest BCUT2D eigenvalue weighted by molar-refractivity contribution is 5.76. The molecule has 4 heteroatoms. The molecule has 3 rings (SSSR count). The van der Waals surface area contributed by atoms with Crippen molar-refractivity contribution >= 4 is 5.91 Å². The van der Waals surface area contributed by atoms with Crippen LogP contribution in [0.4, 0.5) is 0 Å². The monoisotopic (exact) mass is 345 g/mol. The van der Waals surface area contributed by atoms with Gasteiger partial charge < -0.3 is 14.4 Å². The number of aryl methyl sites for hydroxylation is 1. The highest BCUT2D eigenvalue weighted by Gasteiger charge is 2.39. The molecule has 0 atom stereocenters. The quantitative estimate of drug-likeness (QED) is 0.839. The van der Waals surface area contributed by atoms with Crippen molar-refractivity contribution in [2.24, 2.45) is 0 Å². The Labute approximate surface area is 151 Å². The minimum Gasteiger partial charge on any atom is -0.350 e. The molecule has 2 aliphatic rings. The highest BCUT2D eigenvalue weighted by Crippen LogP contribution is 2.31. The van der Waals surface area contributed by atoms with Gasteiger partial charge in [0.25, 0.3) is 0 Å². The molecular formula is C21H31NO3. The summed E-state index contributed by atoms with van der Waals surface area (Å²) in [6, 6.07) is 8.68. The second-order valence-corrected chi connectivity index (χ2v) is 8.29. The van der Waals surface area contributed by atoms with E-state index < -0.39 is 5.79 Å². The summed E-state index contributed by atoms with van der Waals surface area (Å²) in [5.41, 5.74) is 2.73. The van der Waals surface area contributed by atoms with Crippen molar-refractivity contribution in [2.45, 2.75) is 64.1 Å². The molecular weight excluding hydrogens is 314 g/mol. The van der Waals surface area contributed by atoms with Crippen LogP contribution < -0.4 is 0 Å². The third-order valence-corrected chi connectivity index (χ3v) is 5.34. The van der Waals surface area contributed by atoms with E-state index in [1.165, 1.54) is 11.1 Å². The van der Waals surface area contributed by atoms with Gasteiger partial charge in [0.05, 0.1) is 13.2 Å². The summed E-state index contributed by atoms with van der Waals surface area (Å²) >= 11 is 0. The van der Waals surface area contributed by atoms with Gasteiger partial charge in [-0.3, -0.25) is 4.79 Å². The molecule has 2 heterocycles. The van der Waals surface area contributed by atoms with Crippen molar-refractivity contribution < 1.29 is 14.3 Å². The number of carbonyl (C=O) groups is 1. The molecule has 2 aliphatic heterocycles. The lowest BCUT2D eigenvalue weighted by Crippen LogP contribution is -2.51. The Balaban J connectivity index is 1.47. The van der Waals surface area contributed by atoms with Crippen molar-refractivity contribution in [1.82, 2.24) is 4.90 Å². The summed E-state index contributed by atoms with van der Waals surface area (Å²) in [4.78, 5) is 14.5. The van der Waals surface area contributed by atoms with Crippen molar-refractivity contribution in [2.75, 3.05) is 26.3 Å². The largest absolute Gasteiger partial charge is 0.350 e. The van der Waals surface area contributed by atoms with E-state index >= 15 is 0 Å². The molecule has 138 valence electrons. The zero-order valence-corrected chi connectivity index (χ0v) is 15.8. The minimum atomic E-state index is -0.419. The number of carbonyl (C=O) groups excluding carboxylic acids is 1. The fourth-order valence-corrected chi connectivity index (χ4v) is 3.58. The number of hydrogen-bond donors (Lipinski definition) is 0. The summed E-state index contributed by atoms with van der Waals surface area (Å²) < 4.78 is 11.7. The molecule has 0 saturated carbocycles. The van der Waals surface area contributed by atoms with E-state index in [0.717, 1.165) is 52.0 Å². The lowest BCUT2D eigenvalue weighted by Gasteiger charge is -2.43. The Morgan fingerprint density at radius 2 is 1.68 bits per heavy atom. The number of likely N-dealkylation sites (tertiary alicyclic amines) is 1. The fraction of sp³-hybridized carbons (Fsp3) is 0.667. The van der Waals surface area contributed by atoms with Gasteiger partial charge in [-0.15, -0.1) is 0 Å². The lowest BCUT2D eigenvalue weighted by molar-refractivity contribution is -0.282. The van der Waals surface area contributed by atoms with Crippen molar-refractivity contribution in [3.8, 4) is 0 Å². The van der Waals surface area contributed by atoms with Crippen LogP contribution in [0.2, 0.25) is 0 Å². The van der Waals surface area contributed by atoms with Gasteiger partial charge >= 0.3 is 0 Å². The lowest BCUT2D eigenvalue weighted by atomic mass is 9.86. The molecule has 0 radical (unpaired) electrons. The van der Waals surface area contributed by atoms with E-state index in [2.05, 4.69) is 45.0 Å². The third-order valence-electron chi connectivity index (χ3n) is 5.34. The molecule has 25 heavy (non-hydrogen) atoms. The van der Waals surface area contributed by atoms with Gasteiger partial charge in [-0.2, -0.15) is 0 Å². The van der Waals surface area contributed by atoms with Crippen LogP contribution in [0.25, 0.3) is 0 Å². The van der Waals surface area contributed by atoms with Gasteiger partial charge in [-0.05, 0) is 29.4 Å². The summed E-state index contributed by atoms with van der Waals surface area (Å²) in [5.74, 6) is -0.178. The predicted molar refractivity (Wildman–Crippen MR) is 98.5 cm³/mol. The topological polar surface area (TPSA) is 38.8 Å². The van der Waals surface area contributed by atoms with E-state index in [0.29, 0.717) is 6.42 Å². The summed E-state index contributed by atoms with van der Waals surface area (Å²) in [6.45, 7) is 9.68. The first kappa shape index (κ1) is 18.4. The van der Waals surface area contributed by atoms with Crippen molar-refractivity contribution in [1.29, 1.82) is 0 Å². The number of benzene rings is 1. The maximum absolute atomic E-state index is 12.5. The van der Waals surface area contributed by atoms with Crippen LogP contribution in [-0.2, 0) is 26.1 Å². The summed E-state index contributed by atoms with van der Waals surface area (Å²) in [5, 5.41) is 0. The first-order chi connectivity index (χ1) is 11.9. The van der Waals surface area contributed by atoms with Crippen LogP contribution >= 0.6 is 0 Å². The number of rotatable bonds is 3. The van der Waals surface area contributed by atoms with Crippen LogP contribution in [0.1, 0.15) is 57.6 Å². The normalized spacial score (nSPS) is 20.7. The van der Waals surface area contributed by atoms with Crippen molar-refractivity contribution in [3.05, 3.63) is 35.4 Å². The van der Waals surface area contributed by atoms with E-state index in [4.69, 9.17) is 9.47 Å². The molecule has 1 spiro atoms. The standard InChI is InChI=1S/C21H31NO3/c1-20(2,3)18-8-5-17(6-9-18)7-10-19(23)22-13-11-21(12-14-22)24-15-4-16-25-21/h5-6,8-9H,4,7,10-16H2,1-3H3. The zero-order chi connectivity index (χ0) is 17.9.